The molecule has 5 nitrogen and oxygen atoms in total. The van der Waals surface area contributed by atoms with Crippen LogP contribution in [0.2, 0.25) is 0 Å². The highest BCUT2D eigenvalue weighted by Crippen LogP contribution is 2.28. The van der Waals surface area contributed by atoms with E-state index in [0.717, 1.165) is 5.56 Å². The van der Waals surface area contributed by atoms with E-state index in [9.17, 15) is 0 Å². The van der Waals surface area contributed by atoms with Crippen LogP contribution in [-0.2, 0) is 0 Å². The molecule has 0 radical (unpaired) electrons. The number of methoxy groups -OCH3 is 1. The fraction of sp³-hybridized carbons (Fsp3) is 0.385. The van der Waals surface area contributed by atoms with Crippen LogP contribution in [0.3, 0.4) is 0 Å². The summed E-state index contributed by atoms with van der Waals surface area (Å²) in [5.74, 6) is 1.40. The van der Waals surface area contributed by atoms with Crippen molar-refractivity contribution in [2.75, 3.05) is 20.3 Å². The van der Waals surface area contributed by atoms with Gasteiger partial charge in [-0.1, -0.05) is 23.3 Å². The standard InChI is InChI=1S/C13H17N3O2/c1-3-5-11-6-7-12(17-2)13(10-11)18-9-4-8-15-16-14/h3,5-7,10H,4,8-9H2,1-2H3/b5-3+. The third kappa shape index (κ3) is 4.39. The van der Waals surface area contributed by atoms with E-state index in [1.54, 1.807) is 7.11 Å². The zero-order chi connectivity index (χ0) is 13.2. The lowest BCUT2D eigenvalue weighted by molar-refractivity contribution is 0.291. The van der Waals surface area contributed by atoms with Gasteiger partial charge in [0, 0.05) is 11.5 Å². The van der Waals surface area contributed by atoms with Crippen molar-refractivity contribution in [3.63, 3.8) is 0 Å². The van der Waals surface area contributed by atoms with Crippen LogP contribution in [0.25, 0.3) is 16.5 Å². The molecule has 0 saturated heterocycles. The van der Waals surface area contributed by atoms with Gasteiger partial charge in [0.15, 0.2) is 11.5 Å². The zero-order valence-corrected chi connectivity index (χ0v) is 10.7. The molecular formula is C13H17N3O2. The highest BCUT2D eigenvalue weighted by molar-refractivity contribution is 5.55. The first-order chi connectivity index (χ1) is 8.81. The van der Waals surface area contributed by atoms with Gasteiger partial charge in [0.2, 0.25) is 0 Å². The number of allylic oxidation sites excluding steroid dienone is 1. The molecule has 18 heavy (non-hydrogen) atoms. The van der Waals surface area contributed by atoms with Gasteiger partial charge >= 0.3 is 0 Å². The summed E-state index contributed by atoms with van der Waals surface area (Å²) in [6, 6.07) is 5.76. The summed E-state index contributed by atoms with van der Waals surface area (Å²) >= 11 is 0. The van der Waals surface area contributed by atoms with Crippen LogP contribution >= 0.6 is 0 Å². The average molecular weight is 247 g/mol. The van der Waals surface area contributed by atoms with Gasteiger partial charge in [-0.05, 0) is 36.6 Å². The first-order valence-electron chi connectivity index (χ1n) is 5.76. The van der Waals surface area contributed by atoms with Gasteiger partial charge in [0.05, 0.1) is 13.7 Å². The molecule has 5 heteroatoms. The minimum Gasteiger partial charge on any atom is -0.493 e. The predicted molar refractivity (Wildman–Crippen MR) is 71.8 cm³/mol. The second kappa shape index (κ2) is 8.03. The van der Waals surface area contributed by atoms with E-state index in [1.807, 2.05) is 37.3 Å². The average Bonchev–Trinajstić information content (AvgIpc) is 2.39. The molecule has 0 aliphatic rings. The highest BCUT2D eigenvalue weighted by Gasteiger charge is 2.04. The number of benzene rings is 1. The summed E-state index contributed by atoms with van der Waals surface area (Å²) in [4.78, 5) is 2.69. The third-order valence-electron chi connectivity index (χ3n) is 2.27. The van der Waals surface area contributed by atoms with Gasteiger partial charge < -0.3 is 9.47 Å². The van der Waals surface area contributed by atoms with Crippen molar-refractivity contribution >= 4 is 6.08 Å². The van der Waals surface area contributed by atoms with Gasteiger partial charge in [-0.25, -0.2) is 0 Å². The summed E-state index contributed by atoms with van der Waals surface area (Å²) in [6.45, 7) is 2.90. The third-order valence-corrected chi connectivity index (χ3v) is 2.27. The summed E-state index contributed by atoms with van der Waals surface area (Å²) in [7, 11) is 1.61. The molecule has 0 unspecified atom stereocenters. The molecule has 1 aromatic rings. The van der Waals surface area contributed by atoms with E-state index in [4.69, 9.17) is 15.0 Å². The number of hydrogen-bond donors (Lipinski definition) is 0. The van der Waals surface area contributed by atoms with E-state index in [2.05, 4.69) is 10.0 Å². The smallest absolute Gasteiger partial charge is 0.161 e. The molecule has 96 valence electrons. The molecule has 0 aliphatic carbocycles. The van der Waals surface area contributed by atoms with E-state index in [0.29, 0.717) is 31.1 Å². The lowest BCUT2D eigenvalue weighted by atomic mass is 10.2. The largest absolute Gasteiger partial charge is 0.493 e. The maximum atomic E-state index is 8.15. The highest BCUT2D eigenvalue weighted by atomic mass is 16.5. The van der Waals surface area contributed by atoms with E-state index < -0.39 is 0 Å². The predicted octanol–water partition coefficient (Wildman–Crippen LogP) is 3.81. The maximum absolute atomic E-state index is 8.15. The minimum atomic E-state index is 0.438. The summed E-state index contributed by atoms with van der Waals surface area (Å²) in [5, 5.41) is 3.45. The lowest BCUT2D eigenvalue weighted by Gasteiger charge is -2.10. The fourth-order valence-electron chi connectivity index (χ4n) is 1.46. The molecule has 0 bridgehead atoms. The fourth-order valence-corrected chi connectivity index (χ4v) is 1.46. The Bertz CT molecular complexity index is 452. The Morgan fingerprint density at radius 1 is 1.39 bits per heavy atom. The monoisotopic (exact) mass is 247 g/mol. The van der Waals surface area contributed by atoms with Gasteiger partial charge in [0.1, 0.15) is 0 Å². The molecule has 1 aromatic carbocycles. The minimum absolute atomic E-state index is 0.438. The molecule has 0 saturated carbocycles. The van der Waals surface area contributed by atoms with Crippen LogP contribution in [0, 0.1) is 0 Å². The van der Waals surface area contributed by atoms with Crippen molar-refractivity contribution in [3.8, 4) is 11.5 Å². The molecule has 0 fully saturated rings. The van der Waals surface area contributed by atoms with E-state index in [1.165, 1.54) is 0 Å². The Labute approximate surface area is 107 Å². The zero-order valence-electron chi connectivity index (χ0n) is 10.7. The van der Waals surface area contributed by atoms with Crippen molar-refractivity contribution in [1.82, 2.24) is 0 Å². The molecule has 0 amide bonds. The molecular weight excluding hydrogens is 230 g/mol. The van der Waals surface area contributed by atoms with Gasteiger partial charge in [-0.2, -0.15) is 0 Å². The Balaban J connectivity index is 2.65. The summed E-state index contributed by atoms with van der Waals surface area (Å²) in [6.07, 6.45) is 4.64. The van der Waals surface area contributed by atoms with Gasteiger partial charge in [-0.15, -0.1) is 0 Å². The molecule has 0 aromatic heterocycles. The van der Waals surface area contributed by atoms with Crippen molar-refractivity contribution < 1.29 is 9.47 Å². The Morgan fingerprint density at radius 2 is 2.22 bits per heavy atom. The van der Waals surface area contributed by atoms with Gasteiger partial charge in [0.25, 0.3) is 0 Å². The maximum Gasteiger partial charge on any atom is 0.161 e. The molecule has 0 N–H and O–H groups in total. The van der Waals surface area contributed by atoms with Crippen molar-refractivity contribution in [3.05, 3.63) is 40.3 Å². The summed E-state index contributed by atoms with van der Waals surface area (Å²) in [5.41, 5.74) is 9.21. The molecule has 1 rings (SSSR count). The molecule has 0 aliphatic heterocycles. The van der Waals surface area contributed by atoms with Crippen LogP contribution in [-0.4, -0.2) is 20.3 Å². The van der Waals surface area contributed by atoms with Crippen LogP contribution in [0.4, 0.5) is 0 Å². The van der Waals surface area contributed by atoms with Crippen molar-refractivity contribution in [2.45, 2.75) is 13.3 Å². The first kappa shape index (κ1) is 13.9. The van der Waals surface area contributed by atoms with E-state index in [-0.39, 0.29) is 0 Å². The van der Waals surface area contributed by atoms with Crippen molar-refractivity contribution in [1.29, 1.82) is 0 Å². The normalized spacial score (nSPS) is 10.1. The van der Waals surface area contributed by atoms with Crippen LogP contribution in [0.5, 0.6) is 11.5 Å². The molecule has 0 atom stereocenters. The van der Waals surface area contributed by atoms with Crippen LogP contribution in [0.1, 0.15) is 18.9 Å². The number of rotatable bonds is 7. The number of nitrogens with zero attached hydrogens (tertiary/aromatic N) is 3. The van der Waals surface area contributed by atoms with Gasteiger partial charge in [-0.3, -0.25) is 0 Å². The molecule has 0 heterocycles. The second-order valence-corrected chi connectivity index (χ2v) is 3.57. The van der Waals surface area contributed by atoms with Crippen LogP contribution < -0.4 is 9.47 Å². The molecule has 0 spiro atoms. The SMILES string of the molecule is C/C=C/c1ccc(OC)c(OCCCN=[N+]=[N-])c1. The van der Waals surface area contributed by atoms with Crippen molar-refractivity contribution in [2.24, 2.45) is 5.11 Å². The second-order valence-electron chi connectivity index (χ2n) is 3.57. The quantitative estimate of drug-likeness (QED) is 0.318. The topological polar surface area (TPSA) is 67.2 Å². The summed E-state index contributed by atoms with van der Waals surface area (Å²) < 4.78 is 10.8. The number of hydrogen-bond acceptors (Lipinski definition) is 3. The Hall–Kier alpha value is -2.13. The number of azide groups is 1. The van der Waals surface area contributed by atoms with Crippen LogP contribution in [0.15, 0.2) is 29.4 Å². The number of ether oxygens (including phenoxy) is 2. The lowest BCUT2D eigenvalue weighted by Crippen LogP contribution is -2.00. The van der Waals surface area contributed by atoms with E-state index >= 15 is 0 Å². The first-order valence-corrected chi connectivity index (χ1v) is 5.76. The Morgan fingerprint density at radius 3 is 2.89 bits per heavy atom. The Kier molecular flexibility index (Phi) is 6.22.